The third-order valence-electron chi connectivity index (χ3n) is 2.39. The molecule has 0 spiro atoms. The van der Waals surface area contributed by atoms with E-state index in [2.05, 4.69) is 6.92 Å². The molecule has 0 aliphatic carbocycles. The Balaban J connectivity index is 3.93. The van der Waals surface area contributed by atoms with Gasteiger partial charge in [-0.3, -0.25) is 10.6 Å². The van der Waals surface area contributed by atoms with E-state index in [9.17, 15) is 4.79 Å². The van der Waals surface area contributed by atoms with E-state index in [1.165, 1.54) is 5.01 Å². The number of rotatable bonds is 9. The van der Waals surface area contributed by atoms with E-state index in [0.29, 0.717) is 25.9 Å². The van der Waals surface area contributed by atoms with Crippen LogP contribution >= 0.6 is 0 Å². The number of carboxylic acids is 1. The molecular weight excluding hydrogens is 194 g/mol. The standard InChI is InChI=1S/C10H23N3O2/c1-2-3-4-8-13(12)9(10(14)15)6-5-7-11/h9H,2-8,11-12H2,1H3,(H,14,15). The van der Waals surface area contributed by atoms with Gasteiger partial charge in [0.15, 0.2) is 0 Å². The van der Waals surface area contributed by atoms with E-state index < -0.39 is 12.0 Å². The molecule has 1 atom stereocenters. The molecule has 0 rings (SSSR count). The van der Waals surface area contributed by atoms with Crippen LogP contribution in [0.2, 0.25) is 0 Å². The fourth-order valence-electron chi connectivity index (χ4n) is 1.44. The molecule has 90 valence electrons. The van der Waals surface area contributed by atoms with Crippen molar-refractivity contribution < 1.29 is 9.90 Å². The lowest BCUT2D eigenvalue weighted by Gasteiger charge is -2.23. The lowest BCUT2D eigenvalue weighted by Crippen LogP contribution is -2.46. The predicted octanol–water partition coefficient (Wildman–Crippen LogP) is 0.544. The topological polar surface area (TPSA) is 92.6 Å². The molecule has 5 nitrogen and oxygen atoms in total. The maximum atomic E-state index is 10.9. The normalized spacial score (nSPS) is 13.1. The first-order chi connectivity index (χ1) is 7.13. The second-order valence-electron chi connectivity index (χ2n) is 3.73. The van der Waals surface area contributed by atoms with Gasteiger partial charge in [0.25, 0.3) is 0 Å². The van der Waals surface area contributed by atoms with Crippen LogP contribution in [0.4, 0.5) is 0 Å². The second kappa shape index (κ2) is 8.64. The average molecular weight is 217 g/mol. The van der Waals surface area contributed by atoms with Gasteiger partial charge in [-0.05, 0) is 25.8 Å². The molecule has 0 radical (unpaired) electrons. The molecule has 0 aromatic carbocycles. The predicted molar refractivity (Wildman–Crippen MR) is 60.1 cm³/mol. The Hall–Kier alpha value is -0.650. The first-order valence-electron chi connectivity index (χ1n) is 5.57. The Bertz CT molecular complexity index is 176. The van der Waals surface area contributed by atoms with Crippen LogP contribution in [-0.2, 0) is 4.79 Å². The lowest BCUT2D eigenvalue weighted by atomic mass is 10.1. The van der Waals surface area contributed by atoms with Gasteiger partial charge in [0.1, 0.15) is 6.04 Å². The van der Waals surface area contributed by atoms with E-state index in [1.807, 2.05) is 0 Å². The number of hydrogen-bond acceptors (Lipinski definition) is 4. The van der Waals surface area contributed by atoms with E-state index in [1.54, 1.807) is 0 Å². The zero-order chi connectivity index (χ0) is 11.7. The average Bonchev–Trinajstić information content (AvgIpc) is 2.18. The molecule has 5 heteroatoms. The van der Waals surface area contributed by atoms with Gasteiger partial charge in [-0.2, -0.15) is 0 Å². The van der Waals surface area contributed by atoms with Crippen molar-refractivity contribution in [3.63, 3.8) is 0 Å². The molecule has 0 aliphatic heterocycles. The molecule has 0 aromatic rings. The van der Waals surface area contributed by atoms with Gasteiger partial charge in [0.2, 0.25) is 0 Å². The monoisotopic (exact) mass is 217 g/mol. The van der Waals surface area contributed by atoms with Crippen molar-refractivity contribution in [3.05, 3.63) is 0 Å². The summed E-state index contributed by atoms with van der Waals surface area (Å²) in [7, 11) is 0. The van der Waals surface area contributed by atoms with Crippen molar-refractivity contribution >= 4 is 5.97 Å². The van der Waals surface area contributed by atoms with Crippen molar-refractivity contribution in [1.82, 2.24) is 5.01 Å². The van der Waals surface area contributed by atoms with Gasteiger partial charge in [-0.15, -0.1) is 0 Å². The van der Waals surface area contributed by atoms with Crippen LogP contribution in [0.15, 0.2) is 0 Å². The van der Waals surface area contributed by atoms with Crippen LogP contribution in [0.25, 0.3) is 0 Å². The quantitative estimate of drug-likeness (QED) is 0.298. The van der Waals surface area contributed by atoms with E-state index >= 15 is 0 Å². The lowest BCUT2D eigenvalue weighted by molar-refractivity contribution is -0.143. The minimum atomic E-state index is -0.859. The van der Waals surface area contributed by atoms with Crippen LogP contribution < -0.4 is 11.6 Å². The molecule has 15 heavy (non-hydrogen) atoms. The number of nitrogens with two attached hydrogens (primary N) is 2. The largest absolute Gasteiger partial charge is 0.480 e. The Labute approximate surface area is 91.4 Å². The van der Waals surface area contributed by atoms with Crippen LogP contribution in [0.5, 0.6) is 0 Å². The van der Waals surface area contributed by atoms with Crippen molar-refractivity contribution in [3.8, 4) is 0 Å². The summed E-state index contributed by atoms with van der Waals surface area (Å²) < 4.78 is 0. The highest BCUT2D eigenvalue weighted by atomic mass is 16.4. The highest BCUT2D eigenvalue weighted by molar-refractivity contribution is 5.73. The highest BCUT2D eigenvalue weighted by Crippen LogP contribution is 2.05. The molecule has 5 N–H and O–H groups in total. The molecule has 0 heterocycles. The van der Waals surface area contributed by atoms with Crippen molar-refractivity contribution in [2.75, 3.05) is 13.1 Å². The maximum absolute atomic E-state index is 10.9. The van der Waals surface area contributed by atoms with Crippen molar-refractivity contribution in [1.29, 1.82) is 0 Å². The summed E-state index contributed by atoms with van der Waals surface area (Å²) in [6.07, 6.45) is 4.34. The summed E-state index contributed by atoms with van der Waals surface area (Å²) in [5.41, 5.74) is 5.35. The molecule has 0 bridgehead atoms. The number of nitrogens with zero attached hydrogens (tertiary/aromatic N) is 1. The fraction of sp³-hybridized carbons (Fsp3) is 0.900. The number of carbonyl (C=O) groups is 1. The van der Waals surface area contributed by atoms with Crippen LogP contribution in [0.1, 0.15) is 39.0 Å². The molecule has 0 saturated heterocycles. The van der Waals surface area contributed by atoms with E-state index in [4.69, 9.17) is 16.7 Å². The van der Waals surface area contributed by atoms with Gasteiger partial charge in [0.05, 0.1) is 0 Å². The fourth-order valence-corrected chi connectivity index (χ4v) is 1.44. The number of hydrazine groups is 1. The number of unbranched alkanes of at least 4 members (excludes halogenated alkanes) is 2. The zero-order valence-corrected chi connectivity index (χ0v) is 9.48. The molecule has 0 aromatic heterocycles. The SMILES string of the molecule is CCCCCN(N)C(CCCN)C(=O)O. The Morgan fingerprint density at radius 3 is 2.53 bits per heavy atom. The summed E-state index contributed by atoms with van der Waals surface area (Å²) in [4.78, 5) is 10.9. The van der Waals surface area contributed by atoms with E-state index in [0.717, 1.165) is 19.3 Å². The summed E-state index contributed by atoms with van der Waals surface area (Å²) in [6.45, 7) is 3.24. The first kappa shape index (κ1) is 14.3. The molecule has 0 saturated carbocycles. The molecule has 0 aliphatic rings. The Morgan fingerprint density at radius 1 is 1.40 bits per heavy atom. The number of aliphatic carboxylic acids is 1. The smallest absolute Gasteiger partial charge is 0.322 e. The van der Waals surface area contributed by atoms with Gasteiger partial charge in [0, 0.05) is 6.54 Å². The second-order valence-corrected chi connectivity index (χ2v) is 3.73. The first-order valence-corrected chi connectivity index (χ1v) is 5.57. The summed E-state index contributed by atoms with van der Waals surface area (Å²) in [6, 6.07) is -0.592. The van der Waals surface area contributed by atoms with Crippen LogP contribution in [0.3, 0.4) is 0 Å². The third-order valence-corrected chi connectivity index (χ3v) is 2.39. The van der Waals surface area contributed by atoms with Crippen molar-refractivity contribution in [2.45, 2.75) is 45.1 Å². The summed E-state index contributed by atoms with van der Waals surface area (Å²) in [5.74, 6) is 4.85. The van der Waals surface area contributed by atoms with Crippen LogP contribution in [0, 0.1) is 0 Å². The molecule has 0 fully saturated rings. The van der Waals surface area contributed by atoms with Crippen molar-refractivity contribution in [2.24, 2.45) is 11.6 Å². The summed E-state index contributed by atoms with van der Waals surface area (Å²) >= 11 is 0. The molecule has 1 unspecified atom stereocenters. The van der Waals surface area contributed by atoms with Gasteiger partial charge >= 0.3 is 5.97 Å². The number of carboxylic acid groups (broad SMARTS) is 1. The van der Waals surface area contributed by atoms with Gasteiger partial charge in [-0.25, -0.2) is 5.01 Å². The Morgan fingerprint density at radius 2 is 2.07 bits per heavy atom. The Kier molecular flexibility index (Phi) is 8.27. The van der Waals surface area contributed by atoms with Gasteiger partial charge < -0.3 is 10.8 Å². The minimum absolute atomic E-state index is 0.507. The van der Waals surface area contributed by atoms with Gasteiger partial charge in [-0.1, -0.05) is 19.8 Å². The summed E-state index contributed by atoms with van der Waals surface area (Å²) in [5, 5.41) is 10.4. The molecular formula is C10H23N3O2. The van der Waals surface area contributed by atoms with Crippen LogP contribution in [-0.4, -0.2) is 35.2 Å². The number of hydrogen-bond donors (Lipinski definition) is 3. The molecule has 0 amide bonds. The maximum Gasteiger partial charge on any atom is 0.322 e. The highest BCUT2D eigenvalue weighted by Gasteiger charge is 2.21. The van der Waals surface area contributed by atoms with E-state index in [-0.39, 0.29) is 0 Å². The minimum Gasteiger partial charge on any atom is -0.480 e. The zero-order valence-electron chi connectivity index (χ0n) is 9.48. The third kappa shape index (κ3) is 6.43.